The summed E-state index contributed by atoms with van der Waals surface area (Å²) in [7, 11) is 1.60. The summed E-state index contributed by atoms with van der Waals surface area (Å²) in [6.07, 6.45) is 1.70. The normalized spacial score (nSPS) is 34.5. The van der Waals surface area contributed by atoms with Gasteiger partial charge in [-0.15, -0.1) is 0 Å². The Hall–Kier alpha value is -0.610. The molecule has 0 saturated carbocycles. The molecule has 1 rings (SSSR count). The topological polar surface area (TPSA) is 55.8 Å². The zero-order valence-electron chi connectivity index (χ0n) is 8.08. The molecule has 0 amide bonds. The van der Waals surface area contributed by atoms with Crippen LogP contribution in [0.4, 0.5) is 0 Å². The molecular formula is C9H16O4. The van der Waals surface area contributed by atoms with Crippen LogP contribution >= 0.6 is 0 Å². The number of aliphatic carboxylic acids is 1. The molecule has 76 valence electrons. The van der Waals surface area contributed by atoms with Gasteiger partial charge in [0.15, 0.2) is 6.10 Å². The molecule has 0 aliphatic carbocycles. The number of rotatable bonds is 3. The summed E-state index contributed by atoms with van der Waals surface area (Å²) < 4.78 is 10.4. The summed E-state index contributed by atoms with van der Waals surface area (Å²) in [6.45, 7) is 2.35. The van der Waals surface area contributed by atoms with Crippen molar-refractivity contribution in [3.8, 4) is 0 Å². The predicted octanol–water partition coefficient (Wildman–Crippen LogP) is 1.05. The van der Waals surface area contributed by atoms with Crippen LogP contribution < -0.4 is 0 Å². The van der Waals surface area contributed by atoms with E-state index in [1.807, 2.05) is 6.92 Å². The summed E-state index contributed by atoms with van der Waals surface area (Å²) in [5.41, 5.74) is -0.421. The van der Waals surface area contributed by atoms with Crippen molar-refractivity contribution in [3.05, 3.63) is 0 Å². The Labute approximate surface area is 77.8 Å². The van der Waals surface area contributed by atoms with E-state index in [9.17, 15) is 4.79 Å². The van der Waals surface area contributed by atoms with E-state index >= 15 is 0 Å². The number of carboxylic acid groups (broad SMARTS) is 1. The summed E-state index contributed by atoms with van der Waals surface area (Å²) in [5.74, 6) is -0.873. The van der Waals surface area contributed by atoms with Gasteiger partial charge in [0.2, 0.25) is 0 Å². The molecule has 1 fully saturated rings. The standard InChI is InChI=1S/C9H16O4/c1-9(6-12-2)5-3-4-7(13-9)8(10)11/h7H,3-6H2,1-2H3,(H,10,11). The second-order valence-corrected chi connectivity index (χ2v) is 3.72. The summed E-state index contributed by atoms with van der Waals surface area (Å²) in [4.78, 5) is 10.7. The molecular weight excluding hydrogens is 172 g/mol. The van der Waals surface area contributed by atoms with Crippen LogP contribution in [0.1, 0.15) is 26.2 Å². The average Bonchev–Trinajstić information content (AvgIpc) is 2.04. The number of hydrogen-bond donors (Lipinski definition) is 1. The maximum atomic E-state index is 10.7. The quantitative estimate of drug-likeness (QED) is 0.719. The maximum Gasteiger partial charge on any atom is 0.332 e. The number of ether oxygens (including phenoxy) is 2. The molecule has 4 heteroatoms. The number of carbonyl (C=O) groups is 1. The highest BCUT2D eigenvalue weighted by Crippen LogP contribution is 2.28. The van der Waals surface area contributed by atoms with Gasteiger partial charge in [-0.3, -0.25) is 0 Å². The molecule has 4 nitrogen and oxygen atoms in total. The Morgan fingerprint density at radius 3 is 3.00 bits per heavy atom. The molecule has 1 N–H and O–H groups in total. The van der Waals surface area contributed by atoms with Crippen LogP contribution in [0.15, 0.2) is 0 Å². The van der Waals surface area contributed by atoms with Crippen LogP contribution in [0.25, 0.3) is 0 Å². The van der Waals surface area contributed by atoms with Gasteiger partial charge in [-0.2, -0.15) is 0 Å². The first-order valence-corrected chi connectivity index (χ1v) is 4.47. The van der Waals surface area contributed by atoms with Gasteiger partial charge in [-0.1, -0.05) is 0 Å². The fraction of sp³-hybridized carbons (Fsp3) is 0.889. The van der Waals surface area contributed by atoms with Crippen LogP contribution in [0, 0.1) is 0 Å². The lowest BCUT2D eigenvalue weighted by Gasteiger charge is -2.36. The van der Waals surface area contributed by atoms with Crippen LogP contribution in [0.5, 0.6) is 0 Å². The zero-order chi connectivity index (χ0) is 9.90. The third-order valence-electron chi connectivity index (χ3n) is 2.32. The minimum absolute atomic E-state index is 0.421. The van der Waals surface area contributed by atoms with E-state index in [2.05, 4.69) is 0 Å². The van der Waals surface area contributed by atoms with Crippen molar-refractivity contribution in [2.45, 2.75) is 37.9 Å². The van der Waals surface area contributed by atoms with Crippen molar-refractivity contribution < 1.29 is 19.4 Å². The van der Waals surface area contributed by atoms with Crippen molar-refractivity contribution >= 4 is 5.97 Å². The first-order valence-electron chi connectivity index (χ1n) is 4.47. The van der Waals surface area contributed by atoms with E-state index in [-0.39, 0.29) is 0 Å². The number of carboxylic acids is 1. The molecule has 2 unspecified atom stereocenters. The highest BCUT2D eigenvalue weighted by molar-refractivity contribution is 5.72. The van der Waals surface area contributed by atoms with Gasteiger partial charge < -0.3 is 14.6 Å². The fourth-order valence-corrected chi connectivity index (χ4v) is 1.71. The lowest BCUT2D eigenvalue weighted by molar-refractivity contribution is -0.180. The number of hydrogen-bond acceptors (Lipinski definition) is 3. The molecule has 0 spiro atoms. The summed E-state index contributed by atoms with van der Waals surface area (Å²) in [5, 5.41) is 8.77. The first kappa shape index (κ1) is 10.5. The van der Waals surface area contributed by atoms with Crippen LogP contribution in [0.2, 0.25) is 0 Å². The van der Waals surface area contributed by atoms with E-state index in [1.54, 1.807) is 7.11 Å². The van der Waals surface area contributed by atoms with Gasteiger partial charge in [0.05, 0.1) is 12.2 Å². The minimum Gasteiger partial charge on any atom is -0.479 e. The monoisotopic (exact) mass is 188 g/mol. The SMILES string of the molecule is COCC1(C)CCCC(C(=O)O)O1. The smallest absolute Gasteiger partial charge is 0.332 e. The molecule has 2 atom stereocenters. The second kappa shape index (κ2) is 4.07. The van der Waals surface area contributed by atoms with Crippen LogP contribution in [-0.4, -0.2) is 36.5 Å². The molecule has 1 heterocycles. The van der Waals surface area contributed by atoms with Crippen molar-refractivity contribution in [2.75, 3.05) is 13.7 Å². The highest BCUT2D eigenvalue weighted by atomic mass is 16.6. The van der Waals surface area contributed by atoms with Gasteiger partial charge in [0.25, 0.3) is 0 Å². The van der Waals surface area contributed by atoms with E-state index in [4.69, 9.17) is 14.6 Å². The van der Waals surface area contributed by atoms with E-state index < -0.39 is 17.7 Å². The third-order valence-corrected chi connectivity index (χ3v) is 2.32. The first-order chi connectivity index (χ1) is 6.07. The minimum atomic E-state index is -0.873. The van der Waals surface area contributed by atoms with Crippen molar-refractivity contribution in [1.82, 2.24) is 0 Å². The summed E-state index contributed by atoms with van der Waals surface area (Å²) in [6, 6.07) is 0. The van der Waals surface area contributed by atoms with E-state index in [0.717, 1.165) is 12.8 Å². The predicted molar refractivity (Wildman–Crippen MR) is 46.6 cm³/mol. The summed E-state index contributed by atoms with van der Waals surface area (Å²) >= 11 is 0. The lowest BCUT2D eigenvalue weighted by atomic mass is 9.94. The van der Waals surface area contributed by atoms with Crippen molar-refractivity contribution in [1.29, 1.82) is 0 Å². The molecule has 13 heavy (non-hydrogen) atoms. The molecule has 0 radical (unpaired) electrons. The van der Waals surface area contributed by atoms with E-state index in [1.165, 1.54) is 0 Å². The van der Waals surface area contributed by atoms with Crippen molar-refractivity contribution in [2.24, 2.45) is 0 Å². The van der Waals surface area contributed by atoms with Gasteiger partial charge in [-0.05, 0) is 26.2 Å². The number of methoxy groups -OCH3 is 1. The second-order valence-electron chi connectivity index (χ2n) is 3.72. The fourth-order valence-electron chi connectivity index (χ4n) is 1.71. The molecule has 1 aliphatic rings. The Balaban J connectivity index is 2.54. The Bertz CT molecular complexity index is 188. The molecule has 0 aromatic heterocycles. The average molecular weight is 188 g/mol. The van der Waals surface area contributed by atoms with Gasteiger partial charge in [0, 0.05) is 7.11 Å². The molecule has 0 aromatic carbocycles. The van der Waals surface area contributed by atoms with Gasteiger partial charge >= 0.3 is 5.97 Å². The lowest BCUT2D eigenvalue weighted by Crippen LogP contribution is -2.44. The largest absolute Gasteiger partial charge is 0.479 e. The molecule has 0 bridgehead atoms. The van der Waals surface area contributed by atoms with Crippen LogP contribution in [-0.2, 0) is 14.3 Å². The Morgan fingerprint density at radius 2 is 2.46 bits per heavy atom. The Morgan fingerprint density at radius 1 is 1.77 bits per heavy atom. The van der Waals surface area contributed by atoms with Gasteiger partial charge in [-0.25, -0.2) is 4.79 Å². The van der Waals surface area contributed by atoms with E-state index in [0.29, 0.717) is 13.0 Å². The molecule has 0 aromatic rings. The Kier molecular flexibility index (Phi) is 3.27. The third kappa shape index (κ3) is 2.67. The van der Waals surface area contributed by atoms with Gasteiger partial charge in [0.1, 0.15) is 0 Å². The zero-order valence-corrected chi connectivity index (χ0v) is 8.08. The molecule has 1 aliphatic heterocycles. The molecule has 1 saturated heterocycles. The van der Waals surface area contributed by atoms with Crippen LogP contribution in [0.3, 0.4) is 0 Å². The highest BCUT2D eigenvalue weighted by Gasteiger charge is 2.36. The van der Waals surface area contributed by atoms with Crippen molar-refractivity contribution in [3.63, 3.8) is 0 Å². The maximum absolute atomic E-state index is 10.7.